The van der Waals surface area contributed by atoms with Crippen molar-refractivity contribution >= 4 is 22.8 Å². The van der Waals surface area contributed by atoms with Crippen LogP contribution in [-0.4, -0.2) is 28.0 Å². The van der Waals surface area contributed by atoms with E-state index in [2.05, 4.69) is 10.3 Å². The van der Waals surface area contributed by atoms with Crippen LogP contribution in [0.1, 0.15) is 36.3 Å². The lowest BCUT2D eigenvalue weighted by atomic mass is 10.0. The van der Waals surface area contributed by atoms with Crippen LogP contribution < -0.4 is 5.32 Å². The number of carbonyl (C=O) groups is 2. The first-order chi connectivity index (χ1) is 9.90. The number of aromatic nitrogens is 1. The highest BCUT2D eigenvalue weighted by Crippen LogP contribution is 2.22. The van der Waals surface area contributed by atoms with E-state index in [1.165, 1.54) is 0 Å². The van der Waals surface area contributed by atoms with Gasteiger partial charge in [-0.05, 0) is 25.3 Å². The third-order valence-electron chi connectivity index (χ3n) is 3.43. The summed E-state index contributed by atoms with van der Waals surface area (Å²) in [6, 6.07) is 6.62. The fourth-order valence-corrected chi connectivity index (χ4v) is 2.49. The van der Waals surface area contributed by atoms with Gasteiger partial charge in [-0.1, -0.05) is 32.0 Å². The van der Waals surface area contributed by atoms with Gasteiger partial charge in [-0.2, -0.15) is 0 Å². The van der Waals surface area contributed by atoms with Crippen LogP contribution in [0.15, 0.2) is 24.3 Å². The Morgan fingerprint density at radius 2 is 1.95 bits per heavy atom. The van der Waals surface area contributed by atoms with Gasteiger partial charge in [0.25, 0.3) is 5.91 Å². The van der Waals surface area contributed by atoms with Gasteiger partial charge in [0, 0.05) is 16.6 Å². The molecule has 1 atom stereocenters. The Kier molecular flexibility index (Phi) is 4.31. The first-order valence-corrected chi connectivity index (χ1v) is 7.01. The highest BCUT2D eigenvalue weighted by Gasteiger charge is 2.24. The number of carboxylic acid groups (broad SMARTS) is 1. The van der Waals surface area contributed by atoms with Crippen molar-refractivity contribution in [3.8, 4) is 0 Å². The van der Waals surface area contributed by atoms with Crippen molar-refractivity contribution in [2.45, 2.75) is 33.2 Å². The van der Waals surface area contributed by atoms with E-state index in [4.69, 9.17) is 0 Å². The van der Waals surface area contributed by atoms with Crippen LogP contribution >= 0.6 is 0 Å². The number of benzene rings is 1. The third kappa shape index (κ3) is 3.24. The van der Waals surface area contributed by atoms with E-state index in [1.54, 1.807) is 0 Å². The molecule has 2 aromatic rings. The predicted octanol–water partition coefficient (Wildman–Crippen LogP) is 2.71. The molecule has 1 aromatic heterocycles. The van der Waals surface area contributed by atoms with E-state index in [0.29, 0.717) is 12.0 Å². The normalized spacial score (nSPS) is 12.6. The number of nitrogens with one attached hydrogen (secondary N) is 2. The molecule has 0 aliphatic carbocycles. The maximum absolute atomic E-state index is 12.4. The second-order valence-corrected chi connectivity index (χ2v) is 5.66. The minimum absolute atomic E-state index is 0.190. The molecule has 0 unspecified atom stereocenters. The Morgan fingerprint density at radius 1 is 1.29 bits per heavy atom. The molecule has 0 bridgehead atoms. The molecule has 0 aliphatic heterocycles. The third-order valence-corrected chi connectivity index (χ3v) is 3.43. The largest absolute Gasteiger partial charge is 0.480 e. The lowest BCUT2D eigenvalue weighted by Crippen LogP contribution is -2.41. The van der Waals surface area contributed by atoms with Crippen LogP contribution in [-0.2, 0) is 4.79 Å². The monoisotopic (exact) mass is 288 g/mol. The Morgan fingerprint density at radius 3 is 2.57 bits per heavy atom. The van der Waals surface area contributed by atoms with Gasteiger partial charge < -0.3 is 15.4 Å². The first-order valence-electron chi connectivity index (χ1n) is 7.01. The number of carbonyl (C=O) groups excluding carboxylic acids is 1. The molecule has 5 nitrogen and oxygen atoms in total. The van der Waals surface area contributed by atoms with Crippen molar-refractivity contribution in [2.75, 3.05) is 0 Å². The molecular formula is C16H20N2O3. The maximum Gasteiger partial charge on any atom is 0.326 e. The SMILES string of the molecule is Cc1[nH]c2ccccc2c1C(=O)N[C@H](CC(C)C)C(=O)O. The van der Waals surface area contributed by atoms with E-state index in [-0.39, 0.29) is 11.8 Å². The number of aliphatic carboxylic acids is 1. The highest BCUT2D eigenvalue weighted by atomic mass is 16.4. The Bertz CT molecular complexity index is 673. The van der Waals surface area contributed by atoms with E-state index < -0.39 is 12.0 Å². The van der Waals surface area contributed by atoms with Gasteiger partial charge in [0.2, 0.25) is 0 Å². The Hall–Kier alpha value is -2.30. The summed E-state index contributed by atoms with van der Waals surface area (Å²) < 4.78 is 0. The number of rotatable bonds is 5. The van der Waals surface area contributed by atoms with E-state index >= 15 is 0 Å². The molecular weight excluding hydrogens is 268 g/mol. The van der Waals surface area contributed by atoms with Crippen molar-refractivity contribution in [1.82, 2.24) is 10.3 Å². The first kappa shape index (κ1) is 15.1. The fourth-order valence-electron chi connectivity index (χ4n) is 2.49. The second-order valence-electron chi connectivity index (χ2n) is 5.66. The molecule has 3 N–H and O–H groups in total. The van der Waals surface area contributed by atoms with Crippen LogP contribution in [0.2, 0.25) is 0 Å². The molecule has 1 heterocycles. The zero-order chi connectivity index (χ0) is 15.6. The molecule has 0 aliphatic rings. The van der Waals surface area contributed by atoms with Crippen molar-refractivity contribution in [3.05, 3.63) is 35.5 Å². The van der Waals surface area contributed by atoms with Crippen LogP contribution in [0.5, 0.6) is 0 Å². The minimum atomic E-state index is -1.01. The summed E-state index contributed by atoms with van der Waals surface area (Å²) in [4.78, 5) is 26.9. The number of aryl methyl sites for hydroxylation is 1. The zero-order valence-electron chi connectivity index (χ0n) is 12.4. The van der Waals surface area contributed by atoms with Gasteiger partial charge in [-0.25, -0.2) is 4.79 Å². The van der Waals surface area contributed by atoms with Crippen molar-refractivity contribution in [1.29, 1.82) is 0 Å². The molecule has 5 heteroatoms. The summed E-state index contributed by atoms with van der Waals surface area (Å²) in [5.41, 5.74) is 2.12. The maximum atomic E-state index is 12.4. The Balaban J connectivity index is 2.29. The molecule has 1 amide bonds. The fraction of sp³-hybridized carbons (Fsp3) is 0.375. The van der Waals surface area contributed by atoms with E-state index in [9.17, 15) is 14.7 Å². The van der Waals surface area contributed by atoms with Gasteiger partial charge in [0.15, 0.2) is 0 Å². The van der Waals surface area contributed by atoms with Gasteiger partial charge in [0.1, 0.15) is 6.04 Å². The number of aromatic amines is 1. The lowest BCUT2D eigenvalue weighted by molar-refractivity contribution is -0.139. The standard InChI is InChI=1S/C16H20N2O3/c1-9(2)8-13(16(20)21)18-15(19)14-10(3)17-12-7-5-4-6-11(12)14/h4-7,9,13,17H,8H2,1-3H3,(H,18,19)(H,20,21)/t13-/m1/s1. The average Bonchev–Trinajstić information content (AvgIpc) is 2.73. The smallest absolute Gasteiger partial charge is 0.326 e. The van der Waals surface area contributed by atoms with Crippen LogP contribution in [0, 0.1) is 12.8 Å². The molecule has 0 saturated heterocycles. The van der Waals surface area contributed by atoms with E-state index in [0.717, 1.165) is 16.6 Å². The average molecular weight is 288 g/mol. The van der Waals surface area contributed by atoms with Gasteiger partial charge >= 0.3 is 5.97 Å². The number of para-hydroxylation sites is 1. The molecule has 0 saturated carbocycles. The van der Waals surface area contributed by atoms with Crippen molar-refractivity contribution in [2.24, 2.45) is 5.92 Å². The van der Waals surface area contributed by atoms with Crippen LogP contribution in [0.25, 0.3) is 10.9 Å². The van der Waals surface area contributed by atoms with Crippen LogP contribution in [0.3, 0.4) is 0 Å². The number of amides is 1. The highest BCUT2D eigenvalue weighted by molar-refractivity contribution is 6.08. The molecule has 0 fully saturated rings. The molecule has 0 spiro atoms. The van der Waals surface area contributed by atoms with Gasteiger partial charge in [-0.15, -0.1) is 0 Å². The minimum Gasteiger partial charge on any atom is -0.480 e. The summed E-state index contributed by atoms with van der Waals surface area (Å²) in [5, 5.41) is 12.7. The number of carboxylic acids is 1. The Labute approximate surface area is 123 Å². The predicted molar refractivity (Wildman–Crippen MR) is 81.4 cm³/mol. The number of fused-ring (bicyclic) bond motifs is 1. The quantitative estimate of drug-likeness (QED) is 0.791. The van der Waals surface area contributed by atoms with Crippen molar-refractivity contribution in [3.63, 3.8) is 0 Å². The topological polar surface area (TPSA) is 82.2 Å². The molecule has 1 aromatic carbocycles. The number of H-pyrrole nitrogens is 1. The molecule has 21 heavy (non-hydrogen) atoms. The van der Waals surface area contributed by atoms with Gasteiger partial charge in [-0.3, -0.25) is 4.79 Å². The summed E-state index contributed by atoms with van der Waals surface area (Å²) in [7, 11) is 0. The van der Waals surface area contributed by atoms with Crippen LogP contribution in [0.4, 0.5) is 0 Å². The van der Waals surface area contributed by atoms with E-state index in [1.807, 2.05) is 45.0 Å². The number of hydrogen-bond donors (Lipinski definition) is 3. The molecule has 2 rings (SSSR count). The second kappa shape index (κ2) is 5.99. The summed E-state index contributed by atoms with van der Waals surface area (Å²) in [5.74, 6) is -1.16. The van der Waals surface area contributed by atoms with Crippen molar-refractivity contribution < 1.29 is 14.7 Å². The summed E-state index contributed by atoms with van der Waals surface area (Å²) >= 11 is 0. The summed E-state index contributed by atoms with van der Waals surface area (Å²) in [6.07, 6.45) is 0.405. The zero-order valence-corrected chi connectivity index (χ0v) is 12.4. The summed E-state index contributed by atoms with van der Waals surface area (Å²) in [6.45, 7) is 5.67. The van der Waals surface area contributed by atoms with Gasteiger partial charge in [0.05, 0.1) is 5.56 Å². The number of hydrogen-bond acceptors (Lipinski definition) is 2. The molecule has 112 valence electrons. The molecule has 0 radical (unpaired) electrons. The lowest BCUT2D eigenvalue weighted by Gasteiger charge is -2.16.